The minimum absolute atomic E-state index is 0.290. The van der Waals surface area contributed by atoms with Gasteiger partial charge in [0.15, 0.2) is 0 Å². The molecule has 0 bridgehead atoms. The second-order valence-electron chi connectivity index (χ2n) is 15.6. The van der Waals surface area contributed by atoms with Gasteiger partial charge in [-0.3, -0.25) is 4.99 Å². The summed E-state index contributed by atoms with van der Waals surface area (Å²) in [5.74, 6) is 0.860. The maximum atomic E-state index is 6.49. The molecule has 9 aromatic rings. The Labute approximate surface area is 359 Å². The van der Waals surface area contributed by atoms with E-state index in [9.17, 15) is 0 Å². The van der Waals surface area contributed by atoms with Gasteiger partial charge in [0.1, 0.15) is 11.9 Å². The third kappa shape index (κ3) is 7.75. The second kappa shape index (κ2) is 17.0. The first-order valence-corrected chi connectivity index (χ1v) is 21.0. The third-order valence-corrected chi connectivity index (χ3v) is 11.8. The van der Waals surface area contributed by atoms with E-state index in [0.29, 0.717) is 0 Å². The number of hydrogen-bond donors (Lipinski definition) is 0. The van der Waals surface area contributed by atoms with Crippen LogP contribution in [0.5, 0.6) is 5.75 Å². The van der Waals surface area contributed by atoms with Crippen molar-refractivity contribution in [2.24, 2.45) is 4.99 Å². The van der Waals surface area contributed by atoms with Crippen LogP contribution in [0.3, 0.4) is 0 Å². The highest BCUT2D eigenvalue weighted by Crippen LogP contribution is 2.37. The molecule has 296 valence electrons. The number of allylic oxidation sites excluding steroid dienone is 2. The van der Waals surface area contributed by atoms with Crippen LogP contribution in [0.15, 0.2) is 218 Å². The number of nitrogens with zero attached hydrogens (tertiary/aromatic N) is 2. The van der Waals surface area contributed by atoms with E-state index in [4.69, 9.17) is 9.73 Å². The Balaban J connectivity index is 1.02. The van der Waals surface area contributed by atoms with Crippen LogP contribution >= 0.6 is 0 Å². The van der Waals surface area contributed by atoms with Crippen LogP contribution < -0.4 is 4.74 Å². The first-order chi connectivity index (χ1) is 29.9. The lowest BCUT2D eigenvalue weighted by Crippen LogP contribution is -2.05. The molecule has 0 N–H and O–H groups in total. The molecule has 0 radical (unpaired) electrons. The lowest BCUT2D eigenvalue weighted by Gasteiger charge is -2.18. The molecule has 0 aliphatic rings. The molecule has 0 saturated carbocycles. The summed E-state index contributed by atoms with van der Waals surface area (Å²) in [4.78, 5) is 5.30. The van der Waals surface area contributed by atoms with Crippen LogP contribution in [-0.2, 0) is 0 Å². The van der Waals surface area contributed by atoms with Crippen molar-refractivity contribution >= 4 is 49.6 Å². The van der Waals surface area contributed by atoms with Gasteiger partial charge in [-0.1, -0.05) is 166 Å². The van der Waals surface area contributed by atoms with Crippen LogP contribution in [0.1, 0.15) is 54.2 Å². The lowest BCUT2D eigenvalue weighted by atomic mass is 9.93. The molecule has 8 aromatic carbocycles. The fourth-order valence-electron chi connectivity index (χ4n) is 8.37. The van der Waals surface area contributed by atoms with E-state index < -0.39 is 0 Å². The number of rotatable bonds is 12. The molecule has 0 aliphatic heterocycles. The number of benzene rings is 8. The van der Waals surface area contributed by atoms with Crippen molar-refractivity contribution in [1.82, 2.24) is 4.57 Å². The smallest absolute Gasteiger partial charge is 0.142 e. The first kappa shape index (κ1) is 39.0. The molecule has 0 amide bonds. The summed E-state index contributed by atoms with van der Waals surface area (Å²) in [6.07, 6.45) is 2.41. The van der Waals surface area contributed by atoms with Gasteiger partial charge in [0.05, 0.1) is 16.7 Å². The third-order valence-electron chi connectivity index (χ3n) is 11.8. The van der Waals surface area contributed by atoms with E-state index >= 15 is 0 Å². The topological polar surface area (TPSA) is 26.5 Å². The summed E-state index contributed by atoms with van der Waals surface area (Å²) in [6, 6.07) is 66.5. The minimum Gasteiger partial charge on any atom is -0.481 e. The van der Waals surface area contributed by atoms with Gasteiger partial charge in [-0.25, -0.2) is 0 Å². The zero-order valence-corrected chi connectivity index (χ0v) is 35.0. The average molecular weight is 789 g/mol. The van der Waals surface area contributed by atoms with Crippen LogP contribution in [0.25, 0.3) is 60.7 Å². The Morgan fingerprint density at radius 2 is 1.26 bits per heavy atom. The van der Waals surface area contributed by atoms with E-state index in [-0.39, 0.29) is 6.10 Å². The van der Waals surface area contributed by atoms with Gasteiger partial charge < -0.3 is 9.30 Å². The Hall–Kier alpha value is -7.49. The summed E-state index contributed by atoms with van der Waals surface area (Å²) in [5.41, 5.74) is 15.2. The maximum Gasteiger partial charge on any atom is 0.142 e. The van der Waals surface area contributed by atoms with Gasteiger partial charge in [0, 0.05) is 27.7 Å². The number of aryl methyl sites for hydroxylation is 1. The van der Waals surface area contributed by atoms with E-state index in [0.717, 1.165) is 84.8 Å². The number of para-hydroxylation sites is 2. The van der Waals surface area contributed by atoms with Gasteiger partial charge in [-0.2, -0.15) is 0 Å². The van der Waals surface area contributed by atoms with Gasteiger partial charge >= 0.3 is 0 Å². The molecule has 1 aromatic heterocycles. The first-order valence-electron chi connectivity index (χ1n) is 21.0. The predicted octanol–water partition coefficient (Wildman–Crippen LogP) is 15.6. The standard InChI is InChI=1S/C58H48N2O/c1-6-53(43-19-10-8-11-20-43)59-58(44-21-12-9-13-22-44)41(5)40(4)45-26-27-48-37-46(28-29-47(48)36-45)42-30-33-50(34-31-42)60-54-24-16-15-23-51(54)52-35-32-49(38-55(52)60)56(7-2)61-57-25-17-14-18-39(57)3/h7-38,56H,2,4,6H2,1,3,5H3/b58-41-,59-53?. The van der Waals surface area contributed by atoms with Crippen molar-refractivity contribution in [3.05, 3.63) is 241 Å². The number of hydrogen-bond acceptors (Lipinski definition) is 2. The van der Waals surface area contributed by atoms with E-state index in [1.165, 1.54) is 27.1 Å². The van der Waals surface area contributed by atoms with Crippen LogP contribution in [0, 0.1) is 6.92 Å². The Morgan fingerprint density at radius 1 is 0.623 bits per heavy atom. The van der Waals surface area contributed by atoms with Crippen molar-refractivity contribution in [3.63, 3.8) is 0 Å². The van der Waals surface area contributed by atoms with Crippen LogP contribution in [-0.4, -0.2) is 10.3 Å². The minimum atomic E-state index is -0.290. The molecule has 1 unspecified atom stereocenters. The van der Waals surface area contributed by atoms with E-state index in [1.54, 1.807) is 0 Å². The quantitative estimate of drug-likeness (QED) is 0.0688. The molecule has 0 fully saturated rings. The van der Waals surface area contributed by atoms with Crippen molar-refractivity contribution in [2.75, 3.05) is 0 Å². The summed E-state index contributed by atoms with van der Waals surface area (Å²) in [7, 11) is 0. The zero-order chi connectivity index (χ0) is 41.9. The van der Waals surface area contributed by atoms with Crippen LogP contribution in [0.4, 0.5) is 0 Å². The SMILES string of the molecule is C=CC(Oc1ccccc1C)c1ccc2c3ccccc3n(-c3ccc(-c4ccc5cc(C(=C)/C(C)=C(\N=C(CC)c6ccccc6)c6ccccc6)ccc5c4)cc3)c2c1. The highest BCUT2D eigenvalue weighted by Gasteiger charge is 2.18. The number of aromatic nitrogens is 1. The summed E-state index contributed by atoms with van der Waals surface area (Å²) >= 11 is 0. The molecule has 61 heavy (non-hydrogen) atoms. The lowest BCUT2D eigenvalue weighted by molar-refractivity contribution is 0.254. The summed E-state index contributed by atoms with van der Waals surface area (Å²) < 4.78 is 8.85. The van der Waals surface area contributed by atoms with Gasteiger partial charge in [0.2, 0.25) is 0 Å². The monoisotopic (exact) mass is 788 g/mol. The van der Waals surface area contributed by atoms with E-state index in [1.807, 2.05) is 36.4 Å². The van der Waals surface area contributed by atoms with Crippen LogP contribution in [0.2, 0.25) is 0 Å². The normalized spacial score (nSPS) is 12.7. The summed E-state index contributed by atoms with van der Waals surface area (Å²) in [5, 5.41) is 4.76. The fourth-order valence-corrected chi connectivity index (χ4v) is 8.37. The zero-order valence-electron chi connectivity index (χ0n) is 35.0. The molecule has 0 aliphatic carbocycles. The van der Waals surface area contributed by atoms with Gasteiger partial charge in [-0.05, 0) is 124 Å². The molecular weight excluding hydrogens is 741 g/mol. The Morgan fingerprint density at radius 3 is 2.00 bits per heavy atom. The van der Waals surface area contributed by atoms with Crippen molar-refractivity contribution in [1.29, 1.82) is 0 Å². The maximum absolute atomic E-state index is 6.49. The molecular formula is C58H48N2O. The largest absolute Gasteiger partial charge is 0.481 e. The molecule has 0 spiro atoms. The van der Waals surface area contributed by atoms with Gasteiger partial charge in [0.25, 0.3) is 0 Å². The number of aliphatic imine (C=N–C) groups is 1. The molecule has 3 heteroatoms. The van der Waals surface area contributed by atoms with Crippen molar-refractivity contribution < 1.29 is 4.74 Å². The second-order valence-corrected chi connectivity index (χ2v) is 15.6. The predicted molar refractivity (Wildman–Crippen MR) is 260 cm³/mol. The Kier molecular flexibility index (Phi) is 10.9. The highest BCUT2D eigenvalue weighted by molar-refractivity contribution is 6.09. The van der Waals surface area contributed by atoms with Crippen molar-refractivity contribution in [3.8, 4) is 22.6 Å². The fraction of sp³-hybridized carbons (Fsp3) is 0.0862. The van der Waals surface area contributed by atoms with Gasteiger partial charge in [-0.15, -0.1) is 0 Å². The summed E-state index contributed by atoms with van der Waals surface area (Å²) in [6.45, 7) is 15.1. The highest BCUT2D eigenvalue weighted by atomic mass is 16.5. The van der Waals surface area contributed by atoms with Crippen molar-refractivity contribution in [2.45, 2.75) is 33.3 Å². The molecule has 1 heterocycles. The molecule has 3 nitrogen and oxygen atoms in total. The Bertz CT molecular complexity index is 3130. The molecule has 0 saturated heterocycles. The average Bonchev–Trinajstić information content (AvgIpc) is 3.65. The number of fused-ring (bicyclic) bond motifs is 4. The molecule has 9 rings (SSSR count). The van der Waals surface area contributed by atoms with E-state index in [2.05, 4.69) is 196 Å². The molecule has 1 atom stereocenters. The number of ether oxygens (including phenoxy) is 1.